The van der Waals surface area contributed by atoms with Gasteiger partial charge in [-0.1, -0.05) is 6.07 Å². The summed E-state index contributed by atoms with van der Waals surface area (Å²) in [5.41, 5.74) is 1.22. The molecule has 0 radical (unpaired) electrons. The number of carboxylic acid groups (broad SMARTS) is 1. The second-order valence-corrected chi connectivity index (χ2v) is 6.06. The molecule has 0 saturated carbocycles. The highest BCUT2D eigenvalue weighted by Gasteiger charge is 2.34. The number of hydrogen-bond donors (Lipinski definition) is 1. The topological polar surface area (TPSA) is 75.4 Å². The van der Waals surface area contributed by atoms with Gasteiger partial charge in [-0.2, -0.15) is 5.10 Å². The van der Waals surface area contributed by atoms with E-state index < -0.39 is 12.0 Å². The summed E-state index contributed by atoms with van der Waals surface area (Å²) in [7, 11) is 0. The van der Waals surface area contributed by atoms with Crippen molar-refractivity contribution in [3.8, 4) is 5.69 Å². The molecule has 1 fully saturated rings. The number of nitrogens with zero attached hydrogens (tertiary/aromatic N) is 3. The van der Waals surface area contributed by atoms with Crippen molar-refractivity contribution in [1.82, 2.24) is 14.7 Å². The zero-order chi connectivity index (χ0) is 15.7. The highest BCUT2D eigenvalue weighted by atomic mass is 79.9. The van der Waals surface area contributed by atoms with Gasteiger partial charge in [-0.05, 0) is 47.0 Å². The van der Waals surface area contributed by atoms with Crippen LogP contribution in [0, 0.1) is 0 Å². The number of carboxylic acids is 1. The monoisotopic (exact) mass is 363 g/mol. The number of aliphatic carboxylic acids is 1. The van der Waals surface area contributed by atoms with Gasteiger partial charge in [0.2, 0.25) is 0 Å². The molecule has 0 bridgehead atoms. The van der Waals surface area contributed by atoms with Crippen molar-refractivity contribution in [2.75, 3.05) is 6.54 Å². The van der Waals surface area contributed by atoms with Crippen LogP contribution >= 0.6 is 15.9 Å². The lowest BCUT2D eigenvalue weighted by Crippen LogP contribution is -2.40. The number of aromatic nitrogens is 2. The maximum atomic E-state index is 12.6. The van der Waals surface area contributed by atoms with Gasteiger partial charge in [-0.3, -0.25) is 4.79 Å². The number of rotatable bonds is 3. The number of likely N-dealkylation sites (tertiary alicyclic amines) is 1. The lowest BCUT2D eigenvalue weighted by molar-refractivity contribution is -0.141. The van der Waals surface area contributed by atoms with Gasteiger partial charge in [0.1, 0.15) is 6.04 Å². The lowest BCUT2D eigenvalue weighted by Gasteiger charge is -2.21. The van der Waals surface area contributed by atoms with Crippen LogP contribution < -0.4 is 0 Å². The molecule has 2 heterocycles. The van der Waals surface area contributed by atoms with Crippen molar-refractivity contribution in [3.63, 3.8) is 0 Å². The zero-order valence-corrected chi connectivity index (χ0v) is 13.2. The van der Waals surface area contributed by atoms with Gasteiger partial charge in [0.25, 0.3) is 5.91 Å². The molecule has 22 heavy (non-hydrogen) atoms. The predicted molar refractivity (Wildman–Crippen MR) is 83.0 cm³/mol. The van der Waals surface area contributed by atoms with Gasteiger partial charge in [0.05, 0.1) is 16.4 Å². The van der Waals surface area contributed by atoms with E-state index >= 15 is 0 Å². The Balaban J connectivity index is 1.89. The van der Waals surface area contributed by atoms with E-state index in [0.717, 1.165) is 10.2 Å². The van der Waals surface area contributed by atoms with E-state index in [1.807, 2.05) is 6.07 Å². The molecule has 1 aliphatic rings. The zero-order valence-electron chi connectivity index (χ0n) is 11.6. The Kier molecular flexibility index (Phi) is 3.98. The smallest absolute Gasteiger partial charge is 0.326 e. The minimum atomic E-state index is -0.946. The summed E-state index contributed by atoms with van der Waals surface area (Å²) >= 11 is 3.33. The van der Waals surface area contributed by atoms with Gasteiger partial charge in [-0.15, -0.1) is 0 Å². The summed E-state index contributed by atoms with van der Waals surface area (Å²) < 4.78 is 2.49. The van der Waals surface area contributed by atoms with Crippen LogP contribution in [0.5, 0.6) is 0 Å². The van der Waals surface area contributed by atoms with Crippen LogP contribution in [0.4, 0.5) is 0 Å². The van der Waals surface area contributed by atoms with Crippen molar-refractivity contribution >= 4 is 27.8 Å². The third-order valence-electron chi connectivity index (χ3n) is 3.71. The molecule has 1 aromatic heterocycles. The first-order valence-corrected chi connectivity index (χ1v) is 7.70. The Bertz CT molecular complexity index is 728. The Morgan fingerprint density at radius 2 is 2.18 bits per heavy atom. The molecule has 3 rings (SSSR count). The predicted octanol–water partition coefficient (Wildman–Crippen LogP) is 2.32. The normalized spacial score (nSPS) is 17.7. The number of carbonyl (C=O) groups is 2. The fourth-order valence-electron chi connectivity index (χ4n) is 2.66. The molecule has 0 spiro atoms. The van der Waals surface area contributed by atoms with Gasteiger partial charge >= 0.3 is 5.97 Å². The Morgan fingerprint density at radius 1 is 1.36 bits per heavy atom. The van der Waals surface area contributed by atoms with E-state index in [4.69, 9.17) is 0 Å². The van der Waals surface area contributed by atoms with Crippen LogP contribution in [-0.4, -0.2) is 44.3 Å². The first-order valence-electron chi connectivity index (χ1n) is 6.90. The van der Waals surface area contributed by atoms with Crippen molar-refractivity contribution in [2.24, 2.45) is 0 Å². The fraction of sp³-hybridized carbons (Fsp3) is 0.267. The number of amides is 1. The summed E-state index contributed by atoms with van der Waals surface area (Å²) in [6.45, 7) is 0.480. The molecule has 1 saturated heterocycles. The molecule has 7 heteroatoms. The Labute approximate surface area is 135 Å². The third-order valence-corrected chi connectivity index (χ3v) is 4.12. The van der Waals surface area contributed by atoms with Crippen LogP contribution in [0.15, 0.2) is 41.1 Å². The van der Waals surface area contributed by atoms with Crippen molar-refractivity contribution in [3.05, 3.63) is 46.7 Å². The molecule has 2 aromatic rings. The molecule has 6 nitrogen and oxygen atoms in total. The second-order valence-electron chi connectivity index (χ2n) is 5.15. The molecular formula is C15H14BrN3O3. The summed E-state index contributed by atoms with van der Waals surface area (Å²) in [6, 6.07) is 6.30. The number of halogens is 1. The Hall–Kier alpha value is -2.15. The van der Waals surface area contributed by atoms with E-state index in [-0.39, 0.29) is 5.91 Å². The Morgan fingerprint density at radius 3 is 2.86 bits per heavy atom. The third kappa shape index (κ3) is 2.76. The van der Waals surface area contributed by atoms with Crippen molar-refractivity contribution in [1.29, 1.82) is 0 Å². The number of benzene rings is 1. The number of hydrogen-bond acceptors (Lipinski definition) is 3. The van der Waals surface area contributed by atoms with E-state index in [1.165, 1.54) is 4.90 Å². The lowest BCUT2D eigenvalue weighted by atomic mass is 10.1. The standard InChI is InChI=1S/C15H14BrN3O3/c16-11-8-17-19(9-11)12-4-1-3-10(7-12)14(20)18-6-2-5-13(18)15(21)22/h1,3-4,7-9,13H,2,5-6H2,(H,21,22)/t13-/m1/s1. The number of carbonyl (C=O) groups excluding carboxylic acids is 1. The average molecular weight is 364 g/mol. The van der Waals surface area contributed by atoms with E-state index in [1.54, 1.807) is 35.3 Å². The molecular weight excluding hydrogens is 350 g/mol. The molecule has 1 N–H and O–H groups in total. The maximum Gasteiger partial charge on any atom is 0.326 e. The minimum Gasteiger partial charge on any atom is -0.480 e. The second kappa shape index (κ2) is 5.92. The van der Waals surface area contributed by atoms with Crippen molar-refractivity contribution in [2.45, 2.75) is 18.9 Å². The van der Waals surface area contributed by atoms with Crippen LogP contribution in [0.25, 0.3) is 5.69 Å². The summed E-state index contributed by atoms with van der Waals surface area (Å²) in [5, 5.41) is 13.4. The largest absolute Gasteiger partial charge is 0.480 e. The molecule has 114 valence electrons. The molecule has 0 aliphatic carbocycles. The summed E-state index contributed by atoms with van der Waals surface area (Å²) in [5.74, 6) is -1.20. The van der Waals surface area contributed by atoms with Crippen molar-refractivity contribution < 1.29 is 14.7 Å². The highest BCUT2D eigenvalue weighted by molar-refractivity contribution is 9.10. The quantitative estimate of drug-likeness (QED) is 0.907. The van der Waals surface area contributed by atoms with Gasteiger partial charge in [0.15, 0.2) is 0 Å². The van der Waals surface area contributed by atoms with Gasteiger partial charge < -0.3 is 10.0 Å². The minimum absolute atomic E-state index is 0.252. The molecule has 1 aliphatic heterocycles. The fourth-order valence-corrected chi connectivity index (χ4v) is 2.94. The molecule has 1 atom stereocenters. The van der Waals surface area contributed by atoms with Crippen LogP contribution in [0.1, 0.15) is 23.2 Å². The average Bonchev–Trinajstić information content (AvgIpc) is 3.15. The van der Waals surface area contributed by atoms with Crippen LogP contribution in [0.2, 0.25) is 0 Å². The molecule has 0 unspecified atom stereocenters. The summed E-state index contributed by atoms with van der Waals surface area (Å²) in [6.07, 6.45) is 4.68. The first kappa shape index (κ1) is 14.8. The SMILES string of the molecule is O=C(O)[C@H]1CCCN1C(=O)c1cccc(-n2cc(Br)cn2)c1. The van der Waals surface area contributed by atoms with Crippen LogP contribution in [0.3, 0.4) is 0 Å². The van der Waals surface area contributed by atoms with Crippen LogP contribution in [-0.2, 0) is 4.79 Å². The van der Waals surface area contributed by atoms with Gasteiger partial charge in [-0.25, -0.2) is 9.48 Å². The van der Waals surface area contributed by atoms with E-state index in [0.29, 0.717) is 24.9 Å². The van der Waals surface area contributed by atoms with E-state index in [9.17, 15) is 14.7 Å². The first-order chi connectivity index (χ1) is 10.6. The van der Waals surface area contributed by atoms with Gasteiger partial charge in [0, 0.05) is 18.3 Å². The molecule has 1 amide bonds. The maximum absolute atomic E-state index is 12.6. The highest BCUT2D eigenvalue weighted by Crippen LogP contribution is 2.21. The molecule has 1 aromatic carbocycles. The van der Waals surface area contributed by atoms with E-state index in [2.05, 4.69) is 21.0 Å². The summed E-state index contributed by atoms with van der Waals surface area (Å²) in [4.78, 5) is 25.2.